The number of sulfonamides is 1. The van der Waals surface area contributed by atoms with Crippen LogP contribution in [0.1, 0.15) is 5.56 Å². The van der Waals surface area contributed by atoms with E-state index in [-0.39, 0.29) is 5.69 Å². The van der Waals surface area contributed by atoms with Crippen LogP contribution >= 0.6 is 11.6 Å². The summed E-state index contributed by atoms with van der Waals surface area (Å²) in [6, 6.07) is 2.51. The van der Waals surface area contributed by atoms with Gasteiger partial charge in [-0.25, -0.2) is 8.42 Å². The fourth-order valence-electron chi connectivity index (χ4n) is 1.43. The molecule has 0 saturated heterocycles. The topological polar surface area (TPSA) is 80.5 Å². The van der Waals surface area contributed by atoms with Gasteiger partial charge >= 0.3 is 6.18 Å². The summed E-state index contributed by atoms with van der Waals surface area (Å²) >= 11 is 5.43. The van der Waals surface area contributed by atoms with Crippen molar-refractivity contribution in [3.05, 3.63) is 28.8 Å². The van der Waals surface area contributed by atoms with Crippen LogP contribution in [0.3, 0.4) is 0 Å². The number of carbonyl (C=O) groups is 1. The zero-order valence-corrected chi connectivity index (χ0v) is 11.7. The van der Waals surface area contributed by atoms with E-state index in [4.69, 9.17) is 17.3 Å². The van der Waals surface area contributed by atoms with E-state index < -0.39 is 39.2 Å². The number of benzene rings is 1. The van der Waals surface area contributed by atoms with Crippen molar-refractivity contribution in [2.24, 2.45) is 5.73 Å². The maximum Gasteiger partial charge on any atom is 0.417 e. The molecule has 0 heterocycles. The number of carbonyl (C=O) groups excluding carboxylic acids is 1. The summed E-state index contributed by atoms with van der Waals surface area (Å²) in [6.07, 6.45) is -4.00. The van der Waals surface area contributed by atoms with Gasteiger partial charge in [0.1, 0.15) is 6.54 Å². The monoisotopic (exact) mass is 330 g/mol. The average Bonchev–Trinajstić information content (AvgIpc) is 2.23. The number of anilines is 1. The van der Waals surface area contributed by atoms with Gasteiger partial charge in [-0.05, 0) is 18.2 Å². The van der Waals surface area contributed by atoms with Crippen LogP contribution in [0.2, 0.25) is 5.02 Å². The molecule has 2 N–H and O–H groups in total. The Bertz CT molecular complexity index is 631. The van der Waals surface area contributed by atoms with Crippen molar-refractivity contribution in [1.82, 2.24) is 0 Å². The van der Waals surface area contributed by atoms with Crippen LogP contribution < -0.4 is 10.0 Å². The van der Waals surface area contributed by atoms with Gasteiger partial charge in [-0.2, -0.15) is 13.2 Å². The number of hydrogen-bond acceptors (Lipinski definition) is 3. The average molecular weight is 331 g/mol. The molecule has 1 rings (SSSR count). The minimum absolute atomic E-state index is 0.344. The highest BCUT2D eigenvalue weighted by Gasteiger charge is 2.34. The number of hydrogen-bond donors (Lipinski definition) is 1. The van der Waals surface area contributed by atoms with Gasteiger partial charge in [0.2, 0.25) is 15.9 Å². The van der Waals surface area contributed by atoms with Crippen LogP contribution in [0.4, 0.5) is 18.9 Å². The molecule has 1 aromatic carbocycles. The van der Waals surface area contributed by atoms with Gasteiger partial charge in [-0.1, -0.05) is 11.6 Å². The van der Waals surface area contributed by atoms with Crippen molar-refractivity contribution in [3.8, 4) is 0 Å². The Morgan fingerprint density at radius 2 is 1.95 bits per heavy atom. The van der Waals surface area contributed by atoms with Crippen LogP contribution in [-0.4, -0.2) is 27.1 Å². The summed E-state index contributed by atoms with van der Waals surface area (Å²) in [4.78, 5) is 10.8. The van der Waals surface area contributed by atoms with Crippen LogP contribution in [0.5, 0.6) is 0 Å². The third kappa shape index (κ3) is 4.01. The van der Waals surface area contributed by atoms with Gasteiger partial charge < -0.3 is 5.73 Å². The molecule has 5 nitrogen and oxygen atoms in total. The number of halogens is 4. The van der Waals surface area contributed by atoms with E-state index in [2.05, 4.69) is 0 Å². The van der Waals surface area contributed by atoms with E-state index in [9.17, 15) is 26.4 Å². The quantitative estimate of drug-likeness (QED) is 0.910. The molecule has 0 aliphatic carbocycles. The number of alkyl halides is 3. The van der Waals surface area contributed by atoms with Crippen molar-refractivity contribution in [2.45, 2.75) is 6.18 Å². The lowest BCUT2D eigenvalue weighted by atomic mass is 10.2. The fourth-order valence-corrected chi connectivity index (χ4v) is 2.51. The highest BCUT2D eigenvalue weighted by molar-refractivity contribution is 7.92. The predicted octanol–water partition coefficient (Wildman–Crippen LogP) is 1.61. The molecular formula is C10H10ClF3N2O3S. The third-order valence-electron chi connectivity index (χ3n) is 2.24. The van der Waals surface area contributed by atoms with Gasteiger partial charge in [0.05, 0.1) is 22.5 Å². The molecule has 0 bridgehead atoms. The van der Waals surface area contributed by atoms with Gasteiger partial charge in [-0.15, -0.1) is 0 Å². The Hall–Kier alpha value is -1.48. The first-order valence-electron chi connectivity index (χ1n) is 5.05. The third-order valence-corrected chi connectivity index (χ3v) is 3.71. The molecule has 1 amide bonds. The van der Waals surface area contributed by atoms with Crippen LogP contribution in [0.25, 0.3) is 0 Å². The van der Waals surface area contributed by atoms with Crippen LogP contribution in [-0.2, 0) is 21.0 Å². The summed E-state index contributed by atoms with van der Waals surface area (Å²) in [5, 5.41) is -0.575. The first kappa shape index (κ1) is 16.6. The molecule has 0 saturated carbocycles. The number of amides is 1. The first-order valence-corrected chi connectivity index (χ1v) is 7.28. The Labute approximate surface area is 118 Å². The maximum absolute atomic E-state index is 12.7. The number of nitrogens with two attached hydrogens (primary N) is 1. The van der Waals surface area contributed by atoms with Crippen molar-refractivity contribution >= 4 is 33.2 Å². The second-order valence-corrected chi connectivity index (χ2v) is 6.21. The van der Waals surface area contributed by atoms with Crippen LogP contribution in [0, 0.1) is 0 Å². The normalized spacial score (nSPS) is 12.2. The Morgan fingerprint density at radius 1 is 1.40 bits per heavy atom. The number of rotatable bonds is 4. The molecule has 0 radical (unpaired) electrons. The number of primary amides is 1. The highest BCUT2D eigenvalue weighted by atomic mass is 35.5. The molecule has 0 atom stereocenters. The standard InChI is InChI=1S/C10H10ClF3N2O3S/c1-20(18,19)16(5-9(15)17)6-2-3-8(11)7(4-6)10(12,13)14/h2-4H,5H2,1H3,(H2,15,17). The van der Waals surface area contributed by atoms with E-state index in [0.717, 1.165) is 18.4 Å². The Morgan fingerprint density at radius 3 is 2.35 bits per heavy atom. The zero-order valence-electron chi connectivity index (χ0n) is 10.1. The molecule has 0 unspecified atom stereocenters. The SMILES string of the molecule is CS(=O)(=O)N(CC(N)=O)c1ccc(Cl)c(C(F)(F)F)c1. The molecule has 0 spiro atoms. The smallest absolute Gasteiger partial charge is 0.368 e. The maximum atomic E-state index is 12.7. The molecule has 0 aliphatic rings. The molecule has 0 fully saturated rings. The molecule has 20 heavy (non-hydrogen) atoms. The van der Waals surface area contributed by atoms with E-state index in [1.807, 2.05) is 0 Å². The second kappa shape index (κ2) is 5.49. The van der Waals surface area contributed by atoms with Gasteiger partial charge in [0, 0.05) is 0 Å². The van der Waals surface area contributed by atoms with Crippen molar-refractivity contribution in [2.75, 3.05) is 17.1 Å². The van der Waals surface area contributed by atoms with E-state index in [1.165, 1.54) is 0 Å². The van der Waals surface area contributed by atoms with E-state index in [0.29, 0.717) is 10.4 Å². The summed E-state index contributed by atoms with van der Waals surface area (Å²) in [5.74, 6) is -1.00. The number of nitrogens with zero attached hydrogens (tertiary/aromatic N) is 1. The fraction of sp³-hybridized carbons (Fsp3) is 0.300. The van der Waals surface area contributed by atoms with Gasteiger partial charge in [0.25, 0.3) is 0 Å². The largest absolute Gasteiger partial charge is 0.417 e. The summed E-state index contributed by atoms with van der Waals surface area (Å²) in [6.45, 7) is -0.766. The van der Waals surface area contributed by atoms with Crippen molar-refractivity contribution in [1.29, 1.82) is 0 Å². The summed E-state index contributed by atoms with van der Waals surface area (Å²) in [7, 11) is -3.97. The molecule has 1 aromatic rings. The van der Waals surface area contributed by atoms with Crippen LogP contribution in [0.15, 0.2) is 18.2 Å². The lowest BCUT2D eigenvalue weighted by Gasteiger charge is -2.22. The highest BCUT2D eigenvalue weighted by Crippen LogP contribution is 2.37. The predicted molar refractivity (Wildman–Crippen MR) is 67.8 cm³/mol. The first-order chi connectivity index (χ1) is 8.93. The van der Waals surface area contributed by atoms with Gasteiger partial charge in [-0.3, -0.25) is 9.10 Å². The van der Waals surface area contributed by atoms with E-state index in [1.54, 1.807) is 0 Å². The summed E-state index contributed by atoms with van der Waals surface area (Å²) in [5.41, 5.74) is 3.34. The minimum atomic E-state index is -4.75. The molecule has 0 aromatic heterocycles. The molecule has 112 valence electrons. The Balaban J connectivity index is 3.40. The van der Waals surface area contributed by atoms with Crippen molar-refractivity contribution in [3.63, 3.8) is 0 Å². The Kier molecular flexibility index (Phi) is 4.55. The van der Waals surface area contributed by atoms with Gasteiger partial charge in [0.15, 0.2) is 0 Å². The lowest BCUT2D eigenvalue weighted by molar-refractivity contribution is -0.137. The van der Waals surface area contributed by atoms with E-state index >= 15 is 0 Å². The summed E-state index contributed by atoms with van der Waals surface area (Å²) < 4.78 is 61.6. The molecular weight excluding hydrogens is 321 g/mol. The molecule has 0 aliphatic heterocycles. The molecule has 10 heteroatoms. The zero-order chi connectivity index (χ0) is 15.7. The lowest BCUT2D eigenvalue weighted by Crippen LogP contribution is -2.38. The van der Waals surface area contributed by atoms with Crippen molar-refractivity contribution < 1.29 is 26.4 Å². The minimum Gasteiger partial charge on any atom is -0.368 e. The second-order valence-electron chi connectivity index (χ2n) is 3.90.